The van der Waals surface area contributed by atoms with Gasteiger partial charge in [-0.2, -0.15) is 5.10 Å². The van der Waals surface area contributed by atoms with Crippen LogP contribution in [-0.2, 0) is 4.74 Å². The Morgan fingerprint density at radius 3 is 2.95 bits per heavy atom. The van der Waals surface area contributed by atoms with Crippen molar-refractivity contribution >= 4 is 28.0 Å². The van der Waals surface area contributed by atoms with E-state index in [4.69, 9.17) is 10.5 Å². The van der Waals surface area contributed by atoms with Crippen LogP contribution in [0.25, 0.3) is 0 Å². The van der Waals surface area contributed by atoms with E-state index < -0.39 is 0 Å². The number of esters is 1. The maximum Gasteiger partial charge on any atom is 0.350 e. The number of ether oxygens (including phenoxy) is 1. The van der Waals surface area contributed by atoms with Crippen molar-refractivity contribution < 1.29 is 9.53 Å². The number of nitrogens with two attached hydrogens (primary N) is 1. The Bertz CT molecular complexity index is 646. The number of carbonyl (C=O) groups excluding carboxylic acids is 1. The van der Waals surface area contributed by atoms with Gasteiger partial charge in [0.1, 0.15) is 4.88 Å². The highest BCUT2D eigenvalue weighted by atomic mass is 32.1. The number of methoxy groups -OCH3 is 1. The zero-order valence-electron chi connectivity index (χ0n) is 12.0. The number of H-pyrrole nitrogens is 1. The monoisotopic (exact) mass is 306 g/mol. The average Bonchev–Trinajstić information content (AvgIpc) is 3.04. The zero-order valence-corrected chi connectivity index (χ0v) is 12.8. The van der Waals surface area contributed by atoms with Crippen LogP contribution in [0.3, 0.4) is 0 Å². The number of hydrogen-bond donors (Lipinski definition) is 3. The second-order valence-corrected chi connectivity index (χ2v) is 6.27. The van der Waals surface area contributed by atoms with Gasteiger partial charge in [-0.1, -0.05) is 0 Å². The molecule has 1 unspecified atom stereocenters. The van der Waals surface area contributed by atoms with Crippen LogP contribution in [0.4, 0.5) is 10.7 Å². The molecule has 0 bridgehead atoms. The Balaban J connectivity index is 1.92. The van der Waals surface area contributed by atoms with Crippen molar-refractivity contribution in [1.29, 1.82) is 0 Å². The molecule has 112 valence electrons. The van der Waals surface area contributed by atoms with Crippen LogP contribution < -0.4 is 11.1 Å². The first-order chi connectivity index (χ1) is 10.1. The summed E-state index contributed by atoms with van der Waals surface area (Å²) in [5, 5.41) is 11.2. The maximum absolute atomic E-state index is 11.8. The first-order valence-electron chi connectivity index (χ1n) is 6.87. The SMILES string of the molecule is COC(=O)c1sc(NC(C)c2cn[nH]c2)c(C2CC2)c1N. The fourth-order valence-corrected chi connectivity index (χ4v) is 3.58. The molecule has 0 amide bonds. The first-order valence-corrected chi connectivity index (χ1v) is 7.69. The Hall–Kier alpha value is -2.02. The van der Waals surface area contributed by atoms with Gasteiger partial charge in [0.25, 0.3) is 0 Å². The first kappa shape index (κ1) is 13.9. The Labute approximate surface area is 126 Å². The number of anilines is 2. The summed E-state index contributed by atoms with van der Waals surface area (Å²) >= 11 is 1.37. The lowest BCUT2D eigenvalue weighted by Crippen LogP contribution is -2.06. The summed E-state index contributed by atoms with van der Waals surface area (Å²) in [7, 11) is 1.37. The molecule has 1 aliphatic rings. The van der Waals surface area contributed by atoms with E-state index in [-0.39, 0.29) is 12.0 Å². The van der Waals surface area contributed by atoms with Gasteiger partial charge >= 0.3 is 5.97 Å². The third-order valence-electron chi connectivity index (χ3n) is 3.71. The van der Waals surface area contributed by atoms with Gasteiger partial charge in [0.15, 0.2) is 0 Å². The molecule has 21 heavy (non-hydrogen) atoms. The minimum Gasteiger partial charge on any atom is -0.465 e. The smallest absolute Gasteiger partial charge is 0.350 e. The van der Waals surface area contributed by atoms with E-state index in [2.05, 4.69) is 22.4 Å². The van der Waals surface area contributed by atoms with Crippen LogP contribution in [0.15, 0.2) is 12.4 Å². The van der Waals surface area contributed by atoms with Gasteiger partial charge in [-0.25, -0.2) is 4.79 Å². The van der Waals surface area contributed by atoms with E-state index in [1.807, 2.05) is 6.20 Å². The van der Waals surface area contributed by atoms with Gasteiger partial charge in [-0.05, 0) is 25.7 Å². The van der Waals surface area contributed by atoms with E-state index in [0.717, 1.165) is 29.0 Å². The molecule has 2 heterocycles. The predicted octanol–water partition coefficient (Wildman–Crippen LogP) is 2.89. The van der Waals surface area contributed by atoms with E-state index >= 15 is 0 Å². The molecular weight excluding hydrogens is 288 g/mol. The summed E-state index contributed by atoms with van der Waals surface area (Å²) in [5.74, 6) is 0.0853. The van der Waals surface area contributed by atoms with Crippen molar-refractivity contribution in [3.8, 4) is 0 Å². The third kappa shape index (κ3) is 2.61. The highest BCUT2D eigenvalue weighted by molar-refractivity contribution is 7.18. The summed E-state index contributed by atoms with van der Waals surface area (Å²) in [6.45, 7) is 2.05. The summed E-state index contributed by atoms with van der Waals surface area (Å²) in [6, 6.07) is 0.0878. The predicted molar refractivity (Wildman–Crippen MR) is 82.7 cm³/mol. The van der Waals surface area contributed by atoms with E-state index in [1.54, 1.807) is 6.20 Å². The molecule has 2 aromatic heterocycles. The molecule has 2 aromatic rings. The minimum atomic E-state index is -0.372. The highest BCUT2D eigenvalue weighted by Crippen LogP contribution is 2.51. The topological polar surface area (TPSA) is 93.0 Å². The van der Waals surface area contributed by atoms with Gasteiger partial charge < -0.3 is 15.8 Å². The van der Waals surface area contributed by atoms with E-state index in [9.17, 15) is 4.79 Å². The molecule has 0 aromatic carbocycles. The molecule has 0 saturated heterocycles. The van der Waals surface area contributed by atoms with Crippen molar-refractivity contribution in [2.45, 2.75) is 31.7 Å². The van der Waals surface area contributed by atoms with Crippen LogP contribution in [0.5, 0.6) is 0 Å². The molecule has 6 nitrogen and oxygen atoms in total. The second kappa shape index (κ2) is 5.40. The number of aromatic amines is 1. The van der Waals surface area contributed by atoms with Crippen molar-refractivity contribution in [3.05, 3.63) is 28.4 Å². The lowest BCUT2D eigenvalue weighted by atomic mass is 10.1. The third-order valence-corrected chi connectivity index (χ3v) is 4.84. The molecule has 0 spiro atoms. The van der Waals surface area contributed by atoms with Crippen LogP contribution in [0.1, 0.15) is 52.5 Å². The number of aromatic nitrogens is 2. The molecule has 4 N–H and O–H groups in total. The van der Waals surface area contributed by atoms with Crippen molar-refractivity contribution in [1.82, 2.24) is 10.2 Å². The Morgan fingerprint density at radius 1 is 1.62 bits per heavy atom. The summed E-state index contributed by atoms with van der Waals surface area (Å²) in [4.78, 5) is 12.3. The molecule has 1 saturated carbocycles. The maximum atomic E-state index is 11.8. The number of hydrogen-bond acceptors (Lipinski definition) is 6. The fraction of sp³-hybridized carbons (Fsp3) is 0.429. The fourth-order valence-electron chi connectivity index (χ4n) is 2.36. The quantitative estimate of drug-likeness (QED) is 0.739. The summed E-state index contributed by atoms with van der Waals surface area (Å²) in [6.07, 6.45) is 5.88. The lowest BCUT2D eigenvalue weighted by molar-refractivity contribution is 0.0607. The lowest BCUT2D eigenvalue weighted by Gasteiger charge is -2.13. The van der Waals surface area contributed by atoms with Crippen LogP contribution >= 0.6 is 11.3 Å². The van der Waals surface area contributed by atoms with Crippen molar-refractivity contribution in [2.75, 3.05) is 18.2 Å². The van der Waals surface area contributed by atoms with Crippen molar-refractivity contribution in [2.24, 2.45) is 0 Å². The van der Waals surface area contributed by atoms with Gasteiger partial charge in [-0.3, -0.25) is 5.10 Å². The molecule has 7 heteroatoms. The highest BCUT2D eigenvalue weighted by Gasteiger charge is 2.33. The van der Waals surface area contributed by atoms with Crippen molar-refractivity contribution in [3.63, 3.8) is 0 Å². The van der Waals surface area contributed by atoms with Crippen LogP contribution in [-0.4, -0.2) is 23.3 Å². The number of nitrogen functional groups attached to an aromatic ring is 1. The number of nitrogens with zero attached hydrogens (tertiary/aromatic N) is 1. The van der Waals surface area contributed by atoms with Gasteiger partial charge in [0.05, 0.1) is 30.0 Å². The second-order valence-electron chi connectivity index (χ2n) is 5.25. The number of thiophene rings is 1. The van der Waals surface area contributed by atoms with Crippen LogP contribution in [0.2, 0.25) is 0 Å². The molecule has 1 aliphatic carbocycles. The molecular formula is C14H18N4O2S. The number of rotatable bonds is 5. The molecule has 1 atom stereocenters. The molecule has 1 fully saturated rings. The van der Waals surface area contributed by atoms with Crippen LogP contribution in [0, 0.1) is 0 Å². The molecule has 3 rings (SSSR count). The van der Waals surface area contributed by atoms with E-state index in [0.29, 0.717) is 16.5 Å². The summed E-state index contributed by atoms with van der Waals surface area (Å²) < 4.78 is 4.81. The zero-order chi connectivity index (χ0) is 15.0. The van der Waals surface area contributed by atoms with Gasteiger partial charge in [-0.15, -0.1) is 11.3 Å². The average molecular weight is 306 g/mol. The molecule has 0 aliphatic heterocycles. The Morgan fingerprint density at radius 2 is 2.38 bits per heavy atom. The van der Waals surface area contributed by atoms with Gasteiger partial charge in [0.2, 0.25) is 0 Å². The largest absolute Gasteiger partial charge is 0.465 e. The molecule has 0 radical (unpaired) electrons. The minimum absolute atomic E-state index is 0.0878. The summed E-state index contributed by atoms with van der Waals surface area (Å²) in [5.41, 5.74) is 8.86. The normalized spacial score (nSPS) is 15.7. The Kier molecular flexibility index (Phi) is 3.59. The van der Waals surface area contributed by atoms with E-state index in [1.165, 1.54) is 18.4 Å². The van der Waals surface area contributed by atoms with Gasteiger partial charge in [0, 0.05) is 17.3 Å². The standard InChI is InChI=1S/C14H18N4O2S/c1-7(9-5-16-17-6-9)18-13-10(8-3-4-8)11(15)12(21-13)14(19)20-2/h5-8,18H,3-4,15H2,1-2H3,(H,16,17). The number of carbonyl (C=O) groups is 1. The number of nitrogens with one attached hydrogen (secondary N) is 2.